The van der Waals surface area contributed by atoms with Crippen LogP contribution in [0.3, 0.4) is 0 Å². The molecule has 98 valence electrons. The van der Waals surface area contributed by atoms with E-state index in [4.69, 9.17) is 0 Å². The number of carbonyl (C=O) groups is 1. The van der Waals surface area contributed by atoms with Crippen molar-refractivity contribution in [3.05, 3.63) is 0 Å². The molecule has 2 aliphatic heterocycles. The van der Waals surface area contributed by atoms with Gasteiger partial charge in [-0.25, -0.2) is 0 Å². The number of nitrogens with zero attached hydrogens (tertiary/aromatic N) is 1. The van der Waals surface area contributed by atoms with Crippen LogP contribution in [0.5, 0.6) is 0 Å². The summed E-state index contributed by atoms with van der Waals surface area (Å²) in [6.07, 6.45) is 5.58. The number of hydrogen-bond acceptors (Lipinski definition) is 3. The molecule has 0 aliphatic carbocycles. The highest BCUT2D eigenvalue weighted by Crippen LogP contribution is 2.12. The van der Waals surface area contributed by atoms with Gasteiger partial charge in [-0.3, -0.25) is 4.79 Å². The van der Waals surface area contributed by atoms with Crippen LogP contribution in [0.2, 0.25) is 0 Å². The largest absolute Gasteiger partial charge is 0.352 e. The van der Waals surface area contributed by atoms with Gasteiger partial charge in [0.25, 0.3) is 0 Å². The number of likely N-dealkylation sites (tertiary alicyclic amines) is 1. The summed E-state index contributed by atoms with van der Waals surface area (Å²) < 4.78 is 0. The van der Waals surface area contributed by atoms with Gasteiger partial charge in [0.2, 0.25) is 5.91 Å². The Morgan fingerprint density at radius 2 is 2.12 bits per heavy atom. The maximum absolute atomic E-state index is 11.9. The summed E-state index contributed by atoms with van der Waals surface area (Å²) >= 11 is 0. The van der Waals surface area contributed by atoms with Crippen molar-refractivity contribution in [3.8, 4) is 0 Å². The second-order valence-corrected chi connectivity index (χ2v) is 5.27. The number of hydrogen-bond donors (Lipinski definition) is 2. The normalized spacial score (nSPS) is 27.2. The van der Waals surface area contributed by atoms with E-state index in [9.17, 15) is 4.79 Å². The first-order valence-corrected chi connectivity index (χ1v) is 7.05. The molecule has 0 aromatic rings. The molecule has 2 N–H and O–H groups in total. The summed E-state index contributed by atoms with van der Waals surface area (Å²) in [4.78, 5) is 14.4. The van der Waals surface area contributed by atoms with E-state index in [-0.39, 0.29) is 11.9 Å². The van der Waals surface area contributed by atoms with Gasteiger partial charge >= 0.3 is 0 Å². The Bertz CT molecular complexity index is 243. The van der Waals surface area contributed by atoms with Crippen LogP contribution < -0.4 is 10.6 Å². The molecule has 4 heteroatoms. The lowest BCUT2D eigenvalue weighted by atomic mass is 10.0. The number of amides is 1. The number of carbonyl (C=O) groups excluding carboxylic acids is 1. The standard InChI is InChI=1S/C13H25N3O/c1-2-8-16-9-5-11(6-10-16)15-13(17)12-4-3-7-14-12/h11-12,14H,2-10H2,1H3,(H,15,17)/t12-/m1/s1. The lowest BCUT2D eigenvalue weighted by Gasteiger charge is -2.32. The Labute approximate surface area is 104 Å². The molecule has 0 unspecified atom stereocenters. The number of piperidine rings is 1. The smallest absolute Gasteiger partial charge is 0.237 e. The predicted molar refractivity (Wildman–Crippen MR) is 68.9 cm³/mol. The average molecular weight is 239 g/mol. The maximum Gasteiger partial charge on any atom is 0.237 e. The Balaban J connectivity index is 1.68. The second-order valence-electron chi connectivity index (χ2n) is 5.27. The SMILES string of the molecule is CCCN1CCC(NC(=O)[C@H]2CCCN2)CC1. The van der Waals surface area contributed by atoms with E-state index in [1.54, 1.807) is 0 Å². The van der Waals surface area contributed by atoms with E-state index in [0.29, 0.717) is 6.04 Å². The van der Waals surface area contributed by atoms with Gasteiger partial charge in [-0.15, -0.1) is 0 Å². The van der Waals surface area contributed by atoms with E-state index in [2.05, 4.69) is 22.5 Å². The molecule has 4 nitrogen and oxygen atoms in total. The summed E-state index contributed by atoms with van der Waals surface area (Å²) in [5.41, 5.74) is 0. The Kier molecular flexibility index (Phi) is 4.80. The van der Waals surface area contributed by atoms with Crippen molar-refractivity contribution < 1.29 is 4.79 Å². The van der Waals surface area contributed by atoms with Crippen LogP contribution in [0.4, 0.5) is 0 Å². The summed E-state index contributed by atoms with van der Waals surface area (Å²) in [7, 11) is 0. The summed E-state index contributed by atoms with van der Waals surface area (Å²) in [6, 6.07) is 0.474. The average Bonchev–Trinajstić information content (AvgIpc) is 2.86. The predicted octanol–water partition coefficient (Wildman–Crippen LogP) is 0.729. The van der Waals surface area contributed by atoms with Crippen molar-refractivity contribution in [1.29, 1.82) is 0 Å². The molecular weight excluding hydrogens is 214 g/mol. The summed E-state index contributed by atoms with van der Waals surface area (Å²) in [5, 5.41) is 6.45. The number of rotatable bonds is 4. The molecule has 2 rings (SSSR count). The molecule has 1 atom stereocenters. The van der Waals surface area contributed by atoms with E-state index in [1.807, 2.05) is 0 Å². The molecule has 2 fully saturated rings. The summed E-state index contributed by atoms with van der Waals surface area (Å²) in [5.74, 6) is 0.219. The molecule has 2 heterocycles. The van der Waals surface area contributed by atoms with E-state index < -0.39 is 0 Å². The topological polar surface area (TPSA) is 44.4 Å². The van der Waals surface area contributed by atoms with Crippen molar-refractivity contribution in [2.45, 2.75) is 51.1 Å². The molecular formula is C13H25N3O. The third kappa shape index (κ3) is 3.68. The highest BCUT2D eigenvalue weighted by Gasteiger charge is 2.25. The Morgan fingerprint density at radius 1 is 1.35 bits per heavy atom. The fourth-order valence-electron chi connectivity index (χ4n) is 2.83. The highest BCUT2D eigenvalue weighted by atomic mass is 16.2. The van der Waals surface area contributed by atoms with Gasteiger partial charge in [0.1, 0.15) is 0 Å². The second kappa shape index (κ2) is 6.36. The molecule has 2 saturated heterocycles. The zero-order valence-electron chi connectivity index (χ0n) is 10.9. The molecule has 0 radical (unpaired) electrons. The van der Waals surface area contributed by atoms with Gasteiger partial charge in [0.05, 0.1) is 6.04 Å². The zero-order chi connectivity index (χ0) is 12.1. The summed E-state index contributed by atoms with van der Waals surface area (Å²) in [6.45, 7) is 6.69. The van der Waals surface area contributed by atoms with E-state index in [1.165, 1.54) is 13.0 Å². The Morgan fingerprint density at radius 3 is 2.71 bits per heavy atom. The van der Waals surface area contributed by atoms with Crippen LogP contribution in [0, 0.1) is 0 Å². The van der Waals surface area contributed by atoms with Gasteiger partial charge in [0, 0.05) is 19.1 Å². The van der Waals surface area contributed by atoms with Gasteiger partial charge in [-0.2, -0.15) is 0 Å². The van der Waals surface area contributed by atoms with Gasteiger partial charge in [-0.05, 0) is 45.2 Å². The minimum Gasteiger partial charge on any atom is -0.352 e. The van der Waals surface area contributed by atoms with Crippen LogP contribution in [-0.4, -0.2) is 49.1 Å². The van der Waals surface area contributed by atoms with Crippen molar-refractivity contribution in [2.75, 3.05) is 26.2 Å². The van der Waals surface area contributed by atoms with Crippen LogP contribution in [0.25, 0.3) is 0 Å². The van der Waals surface area contributed by atoms with Gasteiger partial charge in [0.15, 0.2) is 0 Å². The monoisotopic (exact) mass is 239 g/mol. The van der Waals surface area contributed by atoms with Crippen LogP contribution in [-0.2, 0) is 4.79 Å². The molecule has 1 amide bonds. The minimum absolute atomic E-state index is 0.0728. The molecule has 0 spiro atoms. The first-order valence-electron chi connectivity index (χ1n) is 7.05. The van der Waals surface area contributed by atoms with Crippen molar-refractivity contribution in [3.63, 3.8) is 0 Å². The molecule has 0 saturated carbocycles. The minimum atomic E-state index is 0.0728. The lowest BCUT2D eigenvalue weighted by molar-refractivity contribution is -0.123. The van der Waals surface area contributed by atoms with Gasteiger partial charge in [-0.1, -0.05) is 6.92 Å². The molecule has 2 aliphatic rings. The molecule has 0 aromatic carbocycles. The zero-order valence-corrected chi connectivity index (χ0v) is 10.9. The van der Waals surface area contributed by atoms with Crippen molar-refractivity contribution in [1.82, 2.24) is 15.5 Å². The van der Waals surface area contributed by atoms with E-state index in [0.717, 1.165) is 45.3 Å². The molecule has 0 aromatic heterocycles. The third-order valence-electron chi connectivity index (χ3n) is 3.85. The first-order chi connectivity index (χ1) is 8.29. The Hall–Kier alpha value is -0.610. The van der Waals surface area contributed by atoms with E-state index >= 15 is 0 Å². The van der Waals surface area contributed by atoms with Crippen molar-refractivity contribution >= 4 is 5.91 Å². The fraction of sp³-hybridized carbons (Fsp3) is 0.923. The van der Waals surface area contributed by atoms with Crippen LogP contribution >= 0.6 is 0 Å². The third-order valence-corrected chi connectivity index (χ3v) is 3.85. The van der Waals surface area contributed by atoms with Crippen LogP contribution in [0.15, 0.2) is 0 Å². The lowest BCUT2D eigenvalue weighted by Crippen LogP contribution is -2.49. The highest BCUT2D eigenvalue weighted by molar-refractivity contribution is 5.82. The fourth-order valence-corrected chi connectivity index (χ4v) is 2.83. The maximum atomic E-state index is 11.9. The quantitative estimate of drug-likeness (QED) is 0.760. The van der Waals surface area contributed by atoms with Gasteiger partial charge < -0.3 is 15.5 Å². The van der Waals surface area contributed by atoms with Crippen LogP contribution in [0.1, 0.15) is 39.0 Å². The first kappa shape index (κ1) is 12.8. The molecule has 17 heavy (non-hydrogen) atoms. The molecule has 0 bridgehead atoms. The van der Waals surface area contributed by atoms with Crippen molar-refractivity contribution in [2.24, 2.45) is 0 Å². The number of nitrogens with one attached hydrogen (secondary N) is 2.